The van der Waals surface area contributed by atoms with Crippen LogP contribution < -0.4 is 10.1 Å². The van der Waals surface area contributed by atoms with Crippen molar-refractivity contribution in [2.45, 2.75) is 26.6 Å². The number of benzene rings is 2. The van der Waals surface area contributed by atoms with Crippen molar-refractivity contribution in [3.05, 3.63) is 77.0 Å². The van der Waals surface area contributed by atoms with Crippen molar-refractivity contribution in [2.75, 3.05) is 11.9 Å². The number of hydrogen-bond donors (Lipinski definition) is 1. The van der Waals surface area contributed by atoms with E-state index in [0.717, 1.165) is 23.3 Å². The number of hydrogen-bond acceptors (Lipinski definition) is 3. The van der Waals surface area contributed by atoms with Crippen molar-refractivity contribution in [2.24, 2.45) is 0 Å². The van der Waals surface area contributed by atoms with Crippen LogP contribution in [0, 0.1) is 13.8 Å². The summed E-state index contributed by atoms with van der Waals surface area (Å²) in [7, 11) is 0. The van der Waals surface area contributed by atoms with Crippen molar-refractivity contribution in [1.29, 1.82) is 0 Å². The van der Waals surface area contributed by atoms with Gasteiger partial charge in [0, 0.05) is 6.07 Å². The van der Waals surface area contributed by atoms with Crippen LogP contribution >= 0.6 is 0 Å². The van der Waals surface area contributed by atoms with Gasteiger partial charge in [-0.2, -0.15) is 18.3 Å². The molecular formula is C21H20F3N3O2. The van der Waals surface area contributed by atoms with E-state index in [9.17, 15) is 18.0 Å². The van der Waals surface area contributed by atoms with E-state index in [1.807, 2.05) is 32.0 Å². The smallest absolute Gasteiger partial charge is 0.416 e. The molecule has 5 nitrogen and oxygen atoms in total. The molecule has 0 bridgehead atoms. The Kier molecular flexibility index (Phi) is 5.91. The maximum Gasteiger partial charge on any atom is 0.416 e. The zero-order valence-corrected chi connectivity index (χ0v) is 16.0. The van der Waals surface area contributed by atoms with E-state index in [-0.39, 0.29) is 19.1 Å². The van der Waals surface area contributed by atoms with Gasteiger partial charge < -0.3 is 10.1 Å². The summed E-state index contributed by atoms with van der Waals surface area (Å²) in [5.74, 6) is 0.739. The van der Waals surface area contributed by atoms with Crippen LogP contribution in [0.2, 0.25) is 0 Å². The Morgan fingerprint density at radius 2 is 1.72 bits per heavy atom. The molecule has 1 N–H and O–H groups in total. The molecule has 0 fully saturated rings. The van der Waals surface area contributed by atoms with E-state index < -0.39 is 11.7 Å². The second-order valence-electron chi connectivity index (χ2n) is 6.63. The minimum Gasteiger partial charge on any atom is -0.483 e. The van der Waals surface area contributed by atoms with Crippen LogP contribution in [0.3, 0.4) is 0 Å². The summed E-state index contributed by atoms with van der Waals surface area (Å²) in [5, 5.41) is 6.83. The number of aryl methyl sites for hydroxylation is 2. The highest BCUT2D eigenvalue weighted by atomic mass is 19.4. The SMILES string of the molecule is Cc1cccc(C)c1OCC(=O)Nc1ccnn1Cc1ccc(C(F)(F)F)cc1. The Morgan fingerprint density at radius 3 is 2.34 bits per heavy atom. The van der Waals surface area contributed by atoms with E-state index in [1.165, 1.54) is 23.0 Å². The number of ether oxygens (including phenoxy) is 1. The number of anilines is 1. The van der Waals surface area contributed by atoms with Crippen molar-refractivity contribution in [3.8, 4) is 5.75 Å². The number of aromatic nitrogens is 2. The Hall–Kier alpha value is -3.29. The Bertz CT molecular complexity index is 975. The fourth-order valence-electron chi connectivity index (χ4n) is 2.88. The largest absolute Gasteiger partial charge is 0.483 e. The van der Waals surface area contributed by atoms with Crippen LogP contribution in [0.25, 0.3) is 0 Å². The van der Waals surface area contributed by atoms with Crippen LogP contribution in [-0.2, 0) is 17.5 Å². The van der Waals surface area contributed by atoms with Gasteiger partial charge in [-0.05, 0) is 42.7 Å². The fraction of sp³-hybridized carbons (Fsp3) is 0.238. The number of carbonyl (C=O) groups is 1. The second kappa shape index (κ2) is 8.38. The number of amides is 1. The molecule has 0 spiro atoms. The van der Waals surface area contributed by atoms with Gasteiger partial charge in [-0.15, -0.1) is 0 Å². The van der Waals surface area contributed by atoms with Crippen LogP contribution in [0.4, 0.5) is 19.0 Å². The van der Waals surface area contributed by atoms with Gasteiger partial charge in [-0.3, -0.25) is 4.79 Å². The van der Waals surface area contributed by atoms with E-state index in [1.54, 1.807) is 6.07 Å². The predicted octanol–water partition coefficient (Wildman–Crippen LogP) is 4.58. The molecule has 152 valence electrons. The number of carbonyl (C=O) groups excluding carboxylic acids is 1. The molecule has 0 aliphatic rings. The van der Waals surface area contributed by atoms with Gasteiger partial charge in [0.15, 0.2) is 6.61 Å². The van der Waals surface area contributed by atoms with Gasteiger partial charge in [0.25, 0.3) is 5.91 Å². The molecule has 8 heteroatoms. The highest BCUT2D eigenvalue weighted by Crippen LogP contribution is 2.29. The monoisotopic (exact) mass is 403 g/mol. The molecule has 1 aromatic heterocycles. The van der Waals surface area contributed by atoms with Crippen molar-refractivity contribution in [3.63, 3.8) is 0 Å². The molecule has 3 aromatic rings. The third-order valence-corrected chi connectivity index (χ3v) is 4.35. The minimum absolute atomic E-state index is 0.169. The lowest BCUT2D eigenvalue weighted by Gasteiger charge is -2.13. The number of rotatable bonds is 6. The molecule has 0 unspecified atom stereocenters. The van der Waals surface area contributed by atoms with Gasteiger partial charge in [-0.1, -0.05) is 30.3 Å². The first-order valence-corrected chi connectivity index (χ1v) is 8.91. The zero-order chi connectivity index (χ0) is 21.0. The molecule has 0 saturated heterocycles. The lowest BCUT2D eigenvalue weighted by atomic mass is 10.1. The molecule has 3 rings (SSSR count). The van der Waals surface area contributed by atoms with Gasteiger partial charge in [0.2, 0.25) is 0 Å². The first-order chi connectivity index (χ1) is 13.7. The summed E-state index contributed by atoms with van der Waals surface area (Å²) < 4.78 is 45.2. The first-order valence-electron chi connectivity index (χ1n) is 8.91. The highest BCUT2D eigenvalue weighted by Gasteiger charge is 2.29. The maximum atomic E-state index is 12.7. The van der Waals surface area contributed by atoms with E-state index in [2.05, 4.69) is 10.4 Å². The van der Waals surface area contributed by atoms with Crippen molar-refractivity contribution in [1.82, 2.24) is 9.78 Å². The Balaban J connectivity index is 1.62. The topological polar surface area (TPSA) is 56.1 Å². The number of nitrogens with zero attached hydrogens (tertiary/aromatic N) is 2. The van der Waals surface area contributed by atoms with Crippen LogP contribution in [-0.4, -0.2) is 22.3 Å². The third-order valence-electron chi connectivity index (χ3n) is 4.35. The van der Waals surface area contributed by atoms with Gasteiger partial charge >= 0.3 is 6.18 Å². The molecule has 2 aromatic carbocycles. The molecule has 0 aliphatic heterocycles. The maximum absolute atomic E-state index is 12.7. The van der Waals surface area contributed by atoms with Gasteiger partial charge in [-0.25, -0.2) is 4.68 Å². The molecule has 0 aliphatic carbocycles. The lowest BCUT2D eigenvalue weighted by Crippen LogP contribution is -2.22. The van der Waals surface area contributed by atoms with Crippen molar-refractivity contribution >= 4 is 11.7 Å². The summed E-state index contributed by atoms with van der Waals surface area (Å²) in [4.78, 5) is 12.3. The van der Waals surface area contributed by atoms with Gasteiger partial charge in [0.1, 0.15) is 11.6 Å². The van der Waals surface area contributed by atoms with E-state index in [0.29, 0.717) is 17.1 Å². The highest BCUT2D eigenvalue weighted by molar-refractivity contribution is 5.91. The average molecular weight is 403 g/mol. The fourth-order valence-corrected chi connectivity index (χ4v) is 2.88. The predicted molar refractivity (Wildman–Crippen MR) is 103 cm³/mol. The average Bonchev–Trinajstić information content (AvgIpc) is 3.07. The van der Waals surface area contributed by atoms with E-state index in [4.69, 9.17) is 4.74 Å². The number of para-hydroxylation sites is 1. The number of halogens is 3. The Labute approximate surface area is 166 Å². The Morgan fingerprint density at radius 1 is 1.07 bits per heavy atom. The second-order valence-corrected chi connectivity index (χ2v) is 6.63. The summed E-state index contributed by atoms with van der Waals surface area (Å²) in [6.07, 6.45) is -2.87. The number of alkyl halides is 3. The zero-order valence-electron chi connectivity index (χ0n) is 16.0. The van der Waals surface area contributed by atoms with Crippen LogP contribution in [0.15, 0.2) is 54.7 Å². The molecule has 0 atom stereocenters. The van der Waals surface area contributed by atoms with Crippen molar-refractivity contribution < 1.29 is 22.7 Å². The molecule has 1 amide bonds. The molecule has 29 heavy (non-hydrogen) atoms. The number of nitrogens with one attached hydrogen (secondary N) is 1. The molecule has 1 heterocycles. The summed E-state index contributed by atoms with van der Waals surface area (Å²) in [5.41, 5.74) is 1.79. The lowest BCUT2D eigenvalue weighted by molar-refractivity contribution is -0.137. The van der Waals surface area contributed by atoms with E-state index >= 15 is 0 Å². The molecule has 0 saturated carbocycles. The quantitative estimate of drug-likeness (QED) is 0.655. The molecular weight excluding hydrogens is 383 g/mol. The first kappa shape index (κ1) is 20.4. The minimum atomic E-state index is -4.38. The third kappa shape index (κ3) is 5.16. The van der Waals surface area contributed by atoms with Crippen LogP contribution in [0.1, 0.15) is 22.3 Å². The summed E-state index contributed by atoms with van der Waals surface area (Å²) in [6, 6.07) is 12.2. The standard InChI is InChI=1S/C21H20F3N3O2/c1-14-4-3-5-15(2)20(14)29-13-19(28)26-18-10-11-25-27(18)12-16-6-8-17(9-7-16)21(22,23)24/h3-11H,12-13H2,1-2H3,(H,26,28). The van der Waals surface area contributed by atoms with Crippen LogP contribution in [0.5, 0.6) is 5.75 Å². The summed E-state index contributed by atoms with van der Waals surface area (Å²) >= 11 is 0. The summed E-state index contributed by atoms with van der Waals surface area (Å²) in [6.45, 7) is 3.86. The normalized spacial score (nSPS) is 11.3. The van der Waals surface area contributed by atoms with Gasteiger partial charge in [0.05, 0.1) is 18.3 Å². The molecule has 0 radical (unpaired) electrons.